The SMILES string of the molecule is CCc1noc(COCC(=O)N2CCCCc3sccc32)n1. The molecule has 0 bridgehead atoms. The van der Waals surface area contributed by atoms with E-state index in [0.717, 1.165) is 37.9 Å². The molecule has 1 amide bonds. The van der Waals surface area contributed by atoms with E-state index in [1.54, 1.807) is 11.3 Å². The van der Waals surface area contributed by atoms with Gasteiger partial charge < -0.3 is 14.2 Å². The first kappa shape index (κ1) is 15.2. The molecular formula is C15H19N3O3S. The molecule has 0 saturated heterocycles. The molecule has 0 unspecified atom stereocenters. The number of rotatable bonds is 5. The van der Waals surface area contributed by atoms with E-state index in [-0.39, 0.29) is 19.1 Å². The van der Waals surface area contributed by atoms with E-state index in [9.17, 15) is 4.79 Å². The molecule has 118 valence electrons. The molecule has 6 nitrogen and oxygen atoms in total. The van der Waals surface area contributed by atoms with E-state index in [1.165, 1.54) is 4.88 Å². The second-order valence-corrected chi connectivity index (χ2v) is 6.18. The minimum absolute atomic E-state index is 0.0169. The molecule has 2 aromatic rings. The van der Waals surface area contributed by atoms with Gasteiger partial charge in [-0.2, -0.15) is 4.98 Å². The van der Waals surface area contributed by atoms with E-state index < -0.39 is 0 Å². The van der Waals surface area contributed by atoms with Gasteiger partial charge in [0.2, 0.25) is 0 Å². The van der Waals surface area contributed by atoms with Gasteiger partial charge in [-0.1, -0.05) is 12.1 Å². The van der Waals surface area contributed by atoms with Crippen molar-refractivity contribution in [2.24, 2.45) is 0 Å². The Hall–Kier alpha value is -1.73. The van der Waals surface area contributed by atoms with Crippen LogP contribution in [0.1, 0.15) is 36.4 Å². The van der Waals surface area contributed by atoms with Crippen LogP contribution in [-0.4, -0.2) is 29.2 Å². The standard InChI is InChI=1S/C15H19N3O3S/c1-2-13-16-14(21-17-13)9-20-10-15(19)18-7-4-3-5-12-11(18)6-8-22-12/h6,8H,2-5,7,9-10H2,1H3. The number of hydrogen-bond donors (Lipinski definition) is 0. The second kappa shape index (κ2) is 7.02. The average molecular weight is 321 g/mol. The summed E-state index contributed by atoms with van der Waals surface area (Å²) in [6.45, 7) is 2.91. The van der Waals surface area contributed by atoms with Gasteiger partial charge in [-0.05, 0) is 30.7 Å². The van der Waals surface area contributed by atoms with Crippen molar-refractivity contribution >= 4 is 22.9 Å². The molecule has 0 radical (unpaired) electrons. The van der Waals surface area contributed by atoms with Crippen LogP contribution < -0.4 is 4.90 Å². The van der Waals surface area contributed by atoms with Gasteiger partial charge in [-0.25, -0.2) is 0 Å². The summed E-state index contributed by atoms with van der Waals surface area (Å²) >= 11 is 1.72. The van der Waals surface area contributed by atoms with Crippen LogP contribution in [0, 0.1) is 0 Å². The molecule has 0 fully saturated rings. The molecular weight excluding hydrogens is 302 g/mol. The molecule has 0 saturated carbocycles. The van der Waals surface area contributed by atoms with E-state index in [2.05, 4.69) is 10.1 Å². The largest absolute Gasteiger partial charge is 0.362 e. The predicted molar refractivity (Wildman–Crippen MR) is 82.9 cm³/mol. The van der Waals surface area contributed by atoms with Gasteiger partial charge in [0, 0.05) is 17.8 Å². The van der Waals surface area contributed by atoms with Crippen LogP contribution in [0.3, 0.4) is 0 Å². The lowest BCUT2D eigenvalue weighted by Gasteiger charge is -2.20. The number of thiophene rings is 1. The van der Waals surface area contributed by atoms with Crippen LogP contribution in [0.4, 0.5) is 5.69 Å². The summed E-state index contributed by atoms with van der Waals surface area (Å²) in [6.07, 6.45) is 3.92. The Labute approximate surface area is 133 Å². The Kier molecular flexibility index (Phi) is 4.84. The fourth-order valence-corrected chi connectivity index (χ4v) is 3.41. The minimum Gasteiger partial charge on any atom is -0.362 e. The zero-order valence-electron chi connectivity index (χ0n) is 12.6. The van der Waals surface area contributed by atoms with Gasteiger partial charge in [-0.15, -0.1) is 11.3 Å². The van der Waals surface area contributed by atoms with Gasteiger partial charge in [0.25, 0.3) is 11.8 Å². The summed E-state index contributed by atoms with van der Waals surface area (Å²) in [6, 6.07) is 2.02. The molecule has 0 aromatic carbocycles. The van der Waals surface area contributed by atoms with Crippen molar-refractivity contribution < 1.29 is 14.1 Å². The fraction of sp³-hybridized carbons (Fsp3) is 0.533. The van der Waals surface area contributed by atoms with E-state index in [1.807, 2.05) is 23.3 Å². The van der Waals surface area contributed by atoms with Crippen LogP contribution in [-0.2, 0) is 29.0 Å². The van der Waals surface area contributed by atoms with Gasteiger partial charge in [0.1, 0.15) is 13.2 Å². The summed E-state index contributed by atoms with van der Waals surface area (Å²) in [5.74, 6) is 1.05. The Morgan fingerprint density at radius 3 is 3.23 bits per heavy atom. The number of carbonyl (C=O) groups is 1. The summed E-state index contributed by atoms with van der Waals surface area (Å²) < 4.78 is 10.5. The fourth-order valence-electron chi connectivity index (χ4n) is 2.49. The van der Waals surface area contributed by atoms with Crippen LogP contribution in [0.5, 0.6) is 0 Å². The van der Waals surface area contributed by atoms with Gasteiger partial charge >= 0.3 is 0 Å². The average Bonchev–Trinajstić information content (AvgIpc) is 3.13. The molecule has 0 atom stereocenters. The highest BCUT2D eigenvalue weighted by Gasteiger charge is 2.22. The van der Waals surface area contributed by atoms with E-state index in [4.69, 9.17) is 9.26 Å². The quantitative estimate of drug-likeness (QED) is 0.846. The Morgan fingerprint density at radius 2 is 2.41 bits per heavy atom. The second-order valence-electron chi connectivity index (χ2n) is 5.18. The Bertz CT molecular complexity index is 638. The zero-order chi connectivity index (χ0) is 15.4. The number of carbonyl (C=O) groups excluding carboxylic acids is 1. The molecule has 1 aliphatic heterocycles. The van der Waals surface area contributed by atoms with Crippen LogP contribution >= 0.6 is 11.3 Å². The lowest BCUT2D eigenvalue weighted by atomic mass is 10.2. The van der Waals surface area contributed by atoms with Crippen molar-refractivity contribution in [2.45, 2.75) is 39.2 Å². The highest BCUT2D eigenvalue weighted by Crippen LogP contribution is 2.31. The summed E-state index contributed by atoms with van der Waals surface area (Å²) in [5, 5.41) is 5.84. The number of hydrogen-bond acceptors (Lipinski definition) is 6. The van der Waals surface area contributed by atoms with Crippen LogP contribution in [0.15, 0.2) is 16.0 Å². The first-order valence-electron chi connectivity index (χ1n) is 7.54. The normalized spacial score (nSPS) is 14.7. The monoisotopic (exact) mass is 321 g/mol. The highest BCUT2D eigenvalue weighted by molar-refractivity contribution is 7.10. The van der Waals surface area contributed by atoms with Gasteiger partial charge in [0.05, 0.1) is 5.69 Å². The van der Waals surface area contributed by atoms with Crippen molar-refractivity contribution in [1.82, 2.24) is 10.1 Å². The number of aromatic nitrogens is 2. The van der Waals surface area contributed by atoms with E-state index >= 15 is 0 Å². The zero-order valence-corrected chi connectivity index (χ0v) is 13.4. The smallest absolute Gasteiger partial charge is 0.253 e. The predicted octanol–water partition coefficient (Wildman–Crippen LogP) is 2.58. The molecule has 2 aromatic heterocycles. The molecule has 3 rings (SSSR count). The van der Waals surface area contributed by atoms with Crippen LogP contribution in [0.25, 0.3) is 0 Å². The maximum absolute atomic E-state index is 12.4. The molecule has 22 heavy (non-hydrogen) atoms. The third-order valence-corrected chi connectivity index (χ3v) is 4.60. The molecule has 0 N–H and O–H groups in total. The number of amides is 1. The number of ether oxygens (including phenoxy) is 1. The number of nitrogens with zero attached hydrogens (tertiary/aromatic N) is 3. The van der Waals surface area contributed by atoms with Crippen LogP contribution in [0.2, 0.25) is 0 Å². The summed E-state index contributed by atoms with van der Waals surface area (Å²) in [5.41, 5.74) is 1.04. The number of aryl methyl sites for hydroxylation is 2. The third kappa shape index (κ3) is 3.36. The minimum atomic E-state index is -0.0169. The molecule has 0 spiro atoms. The van der Waals surface area contributed by atoms with Crippen molar-refractivity contribution in [3.8, 4) is 0 Å². The van der Waals surface area contributed by atoms with Gasteiger partial charge in [-0.3, -0.25) is 4.79 Å². The molecule has 7 heteroatoms. The summed E-state index contributed by atoms with van der Waals surface area (Å²) in [4.78, 5) is 19.7. The lowest BCUT2D eigenvalue weighted by Crippen LogP contribution is -2.34. The molecule has 0 aliphatic carbocycles. The maximum Gasteiger partial charge on any atom is 0.253 e. The van der Waals surface area contributed by atoms with Crippen molar-refractivity contribution in [3.05, 3.63) is 28.0 Å². The third-order valence-electron chi connectivity index (χ3n) is 3.63. The number of fused-ring (bicyclic) bond motifs is 1. The first-order chi connectivity index (χ1) is 10.8. The van der Waals surface area contributed by atoms with Crippen molar-refractivity contribution in [1.29, 1.82) is 0 Å². The maximum atomic E-state index is 12.4. The van der Waals surface area contributed by atoms with E-state index in [0.29, 0.717) is 11.7 Å². The highest BCUT2D eigenvalue weighted by atomic mass is 32.1. The topological polar surface area (TPSA) is 68.5 Å². The Morgan fingerprint density at radius 1 is 1.50 bits per heavy atom. The van der Waals surface area contributed by atoms with Gasteiger partial charge in [0.15, 0.2) is 5.82 Å². The Balaban J connectivity index is 1.56. The first-order valence-corrected chi connectivity index (χ1v) is 8.42. The van der Waals surface area contributed by atoms with Crippen molar-refractivity contribution in [2.75, 3.05) is 18.1 Å². The number of anilines is 1. The van der Waals surface area contributed by atoms with Crippen molar-refractivity contribution in [3.63, 3.8) is 0 Å². The summed E-state index contributed by atoms with van der Waals surface area (Å²) in [7, 11) is 0. The lowest BCUT2D eigenvalue weighted by molar-refractivity contribution is -0.123. The molecule has 1 aliphatic rings. The molecule has 3 heterocycles.